The van der Waals surface area contributed by atoms with Crippen LogP contribution in [0, 0.1) is 5.92 Å². The molecule has 1 aromatic carbocycles. The standard InChI is InChI=1S/C26H29N7O2/c1-15-11-26(15,25(27)34)17-10-20-19(5-6-21(28-3)23(20)29-12-17)24-30-22-7-4-18(14-33(22)31-24)32-8-9-35-16(2)13-32/h4-7,10,12,14-16,28H,8-9,11,13H2,1-3H3,(H2,27,34)/t15-,16+,26+/m0/s1. The average molecular weight is 472 g/mol. The second kappa shape index (κ2) is 7.91. The lowest BCUT2D eigenvalue weighted by Gasteiger charge is -2.32. The van der Waals surface area contributed by atoms with Gasteiger partial charge in [0.1, 0.15) is 0 Å². The van der Waals surface area contributed by atoms with Gasteiger partial charge in [0, 0.05) is 37.3 Å². The number of benzene rings is 1. The summed E-state index contributed by atoms with van der Waals surface area (Å²) in [5, 5.41) is 8.94. The summed E-state index contributed by atoms with van der Waals surface area (Å²) in [5.74, 6) is 0.513. The van der Waals surface area contributed by atoms with Crippen molar-refractivity contribution in [3.8, 4) is 11.4 Å². The minimum atomic E-state index is -0.648. The molecule has 2 aliphatic rings. The number of nitrogens with two attached hydrogens (primary N) is 1. The van der Waals surface area contributed by atoms with Crippen LogP contribution in [-0.4, -0.2) is 58.3 Å². The molecule has 3 N–H and O–H groups in total. The van der Waals surface area contributed by atoms with E-state index < -0.39 is 5.41 Å². The molecule has 9 heteroatoms. The summed E-state index contributed by atoms with van der Waals surface area (Å²) in [6.07, 6.45) is 4.74. The third-order valence-electron chi connectivity index (χ3n) is 7.55. The molecule has 0 radical (unpaired) electrons. The Labute approximate surface area is 203 Å². The average Bonchev–Trinajstić information content (AvgIpc) is 3.38. The molecule has 180 valence electrons. The van der Waals surface area contributed by atoms with Gasteiger partial charge in [-0.05, 0) is 55.2 Å². The Bertz CT molecular complexity index is 1470. The maximum Gasteiger partial charge on any atom is 0.228 e. The van der Waals surface area contributed by atoms with Gasteiger partial charge in [0.25, 0.3) is 0 Å². The zero-order valence-corrected chi connectivity index (χ0v) is 20.2. The lowest BCUT2D eigenvalue weighted by atomic mass is 9.92. The van der Waals surface area contributed by atoms with Crippen LogP contribution in [0.15, 0.2) is 42.7 Å². The number of aromatic nitrogens is 4. The summed E-state index contributed by atoms with van der Waals surface area (Å²) < 4.78 is 7.51. The molecule has 4 aromatic rings. The Balaban J connectivity index is 1.46. The highest BCUT2D eigenvalue weighted by molar-refractivity contribution is 6.01. The zero-order chi connectivity index (χ0) is 24.3. The largest absolute Gasteiger partial charge is 0.386 e. The van der Waals surface area contributed by atoms with Gasteiger partial charge >= 0.3 is 0 Å². The Morgan fingerprint density at radius 2 is 2.09 bits per heavy atom. The number of rotatable bonds is 5. The first-order valence-corrected chi connectivity index (χ1v) is 12.0. The van der Waals surface area contributed by atoms with Crippen molar-refractivity contribution in [3.63, 3.8) is 0 Å². The predicted octanol–water partition coefficient (Wildman–Crippen LogP) is 2.97. The van der Waals surface area contributed by atoms with Crippen LogP contribution >= 0.6 is 0 Å². The smallest absolute Gasteiger partial charge is 0.228 e. The molecule has 0 spiro atoms. The maximum atomic E-state index is 12.4. The molecule has 1 aliphatic carbocycles. The van der Waals surface area contributed by atoms with Gasteiger partial charge < -0.3 is 20.7 Å². The van der Waals surface area contributed by atoms with E-state index in [-0.39, 0.29) is 17.9 Å². The third kappa shape index (κ3) is 3.41. The van der Waals surface area contributed by atoms with E-state index in [1.807, 2.05) is 42.0 Å². The molecular formula is C26H29N7O2. The first-order chi connectivity index (χ1) is 16.9. The Morgan fingerprint density at radius 1 is 1.26 bits per heavy atom. The van der Waals surface area contributed by atoms with Crippen molar-refractivity contribution in [2.45, 2.75) is 31.8 Å². The van der Waals surface area contributed by atoms with E-state index in [1.165, 1.54) is 0 Å². The first kappa shape index (κ1) is 21.8. The molecule has 4 heterocycles. The molecule has 1 amide bonds. The number of amides is 1. The van der Waals surface area contributed by atoms with Crippen molar-refractivity contribution in [1.82, 2.24) is 19.6 Å². The minimum absolute atomic E-state index is 0.197. The van der Waals surface area contributed by atoms with Crippen LogP contribution in [0.3, 0.4) is 0 Å². The van der Waals surface area contributed by atoms with Crippen LogP contribution in [0.25, 0.3) is 27.9 Å². The van der Waals surface area contributed by atoms with E-state index >= 15 is 0 Å². The fourth-order valence-electron chi connectivity index (χ4n) is 5.40. The van der Waals surface area contributed by atoms with Crippen molar-refractivity contribution < 1.29 is 9.53 Å². The van der Waals surface area contributed by atoms with Gasteiger partial charge in [0.05, 0.1) is 41.2 Å². The Hall–Kier alpha value is -3.72. The van der Waals surface area contributed by atoms with Crippen LogP contribution in [0.1, 0.15) is 25.8 Å². The van der Waals surface area contributed by atoms with Gasteiger partial charge in [-0.3, -0.25) is 9.78 Å². The normalized spacial score (nSPS) is 24.1. The molecule has 9 nitrogen and oxygen atoms in total. The number of fused-ring (bicyclic) bond motifs is 2. The van der Waals surface area contributed by atoms with Gasteiger partial charge in [0.2, 0.25) is 5.91 Å². The minimum Gasteiger partial charge on any atom is -0.386 e. The van der Waals surface area contributed by atoms with Gasteiger partial charge in [-0.2, -0.15) is 0 Å². The second-order valence-corrected chi connectivity index (χ2v) is 9.72. The highest BCUT2D eigenvalue weighted by Gasteiger charge is 2.57. The topological polar surface area (TPSA) is 111 Å². The summed E-state index contributed by atoms with van der Waals surface area (Å²) in [6, 6.07) is 10.1. The second-order valence-electron chi connectivity index (χ2n) is 9.72. The molecule has 6 rings (SSSR count). The highest BCUT2D eigenvalue weighted by atomic mass is 16.5. The predicted molar refractivity (Wildman–Crippen MR) is 136 cm³/mol. The van der Waals surface area contributed by atoms with E-state index in [9.17, 15) is 4.79 Å². The lowest BCUT2D eigenvalue weighted by molar-refractivity contribution is -0.120. The SMILES string of the molecule is CNc1ccc(-c2nc3ccc(N4CCO[C@H](C)C4)cn3n2)c2cc([C@@]3(C(N)=O)C[C@@H]3C)cnc12. The molecular weight excluding hydrogens is 442 g/mol. The van der Waals surface area contributed by atoms with E-state index in [0.717, 1.165) is 58.6 Å². The number of anilines is 2. The van der Waals surface area contributed by atoms with Crippen LogP contribution < -0.4 is 16.0 Å². The Kier molecular flexibility index (Phi) is 4.93. The summed E-state index contributed by atoms with van der Waals surface area (Å²) in [4.78, 5) is 24.2. The van der Waals surface area contributed by atoms with Crippen molar-refractivity contribution in [2.75, 3.05) is 37.0 Å². The van der Waals surface area contributed by atoms with E-state index in [4.69, 9.17) is 25.5 Å². The van der Waals surface area contributed by atoms with Crippen molar-refractivity contribution >= 4 is 33.8 Å². The van der Waals surface area contributed by atoms with Crippen LogP contribution in [-0.2, 0) is 14.9 Å². The van der Waals surface area contributed by atoms with E-state index in [2.05, 4.69) is 30.1 Å². The zero-order valence-electron chi connectivity index (χ0n) is 20.2. The van der Waals surface area contributed by atoms with Crippen LogP contribution in [0.5, 0.6) is 0 Å². The molecule has 0 bridgehead atoms. The number of hydrogen-bond donors (Lipinski definition) is 2. The third-order valence-corrected chi connectivity index (χ3v) is 7.55. The lowest BCUT2D eigenvalue weighted by Crippen LogP contribution is -2.41. The van der Waals surface area contributed by atoms with Crippen LogP contribution in [0.2, 0.25) is 0 Å². The number of ether oxygens (including phenoxy) is 1. The van der Waals surface area contributed by atoms with E-state index in [1.54, 1.807) is 6.20 Å². The fraction of sp³-hybridized carbons (Fsp3) is 0.385. The molecule has 0 unspecified atom stereocenters. The number of hydrogen-bond acceptors (Lipinski definition) is 7. The molecule has 35 heavy (non-hydrogen) atoms. The van der Waals surface area contributed by atoms with E-state index in [0.29, 0.717) is 12.4 Å². The molecule has 1 aliphatic heterocycles. The summed E-state index contributed by atoms with van der Waals surface area (Å²) in [6.45, 7) is 6.55. The van der Waals surface area contributed by atoms with Crippen molar-refractivity contribution in [3.05, 3.63) is 48.3 Å². The fourth-order valence-corrected chi connectivity index (χ4v) is 5.40. The number of pyridine rings is 2. The maximum absolute atomic E-state index is 12.4. The van der Waals surface area contributed by atoms with Crippen LogP contribution in [0.4, 0.5) is 11.4 Å². The van der Waals surface area contributed by atoms with Gasteiger partial charge in [0.15, 0.2) is 11.5 Å². The van der Waals surface area contributed by atoms with Gasteiger partial charge in [-0.25, -0.2) is 9.50 Å². The Morgan fingerprint density at radius 3 is 2.80 bits per heavy atom. The van der Waals surface area contributed by atoms with Crippen molar-refractivity contribution in [1.29, 1.82) is 0 Å². The molecule has 1 saturated carbocycles. The first-order valence-electron chi connectivity index (χ1n) is 12.0. The van der Waals surface area contributed by atoms with Gasteiger partial charge in [-0.15, -0.1) is 5.10 Å². The number of carbonyl (C=O) groups excluding carboxylic acids is 1. The monoisotopic (exact) mass is 471 g/mol. The summed E-state index contributed by atoms with van der Waals surface area (Å²) in [7, 11) is 1.87. The number of carbonyl (C=O) groups is 1. The quantitative estimate of drug-likeness (QED) is 0.460. The van der Waals surface area contributed by atoms with Crippen molar-refractivity contribution in [2.24, 2.45) is 11.7 Å². The number of morpholine rings is 1. The molecule has 3 atom stereocenters. The highest BCUT2D eigenvalue weighted by Crippen LogP contribution is 2.54. The summed E-state index contributed by atoms with van der Waals surface area (Å²) in [5.41, 5.74) is 10.5. The molecule has 2 fully saturated rings. The molecule has 3 aromatic heterocycles. The number of nitrogens with one attached hydrogen (secondary N) is 1. The number of primary amides is 1. The summed E-state index contributed by atoms with van der Waals surface area (Å²) >= 11 is 0. The number of nitrogens with zero attached hydrogens (tertiary/aromatic N) is 5. The van der Waals surface area contributed by atoms with Gasteiger partial charge in [-0.1, -0.05) is 6.92 Å². The molecule has 1 saturated heterocycles.